The second kappa shape index (κ2) is 7.98. The van der Waals surface area contributed by atoms with Gasteiger partial charge in [-0.05, 0) is 54.5 Å². The predicted molar refractivity (Wildman–Crippen MR) is 118 cm³/mol. The summed E-state index contributed by atoms with van der Waals surface area (Å²) in [4.78, 5) is 12.8. The van der Waals surface area contributed by atoms with Crippen molar-refractivity contribution in [1.29, 1.82) is 0 Å². The van der Waals surface area contributed by atoms with Gasteiger partial charge in [0.05, 0.1) is 37.2 Å². The summed E-state index contributed by atoms with van der Waals surface area (Å²) in [5, 5.41) is 7.97. The first-order valence-electron chi connectivity index (χ1n) is 10.4. The van der Waals surface area contributed by atoms with Gasteiger partial charge in [-0.1, -0.05) is 44.2 Å². The van der Waals surface area contributed by atoms with Crippen molar-refractivity contribution in [2.45, 2.75) is 46.1 Å². The van der Waals surface area contributed by atoms with E-state index in [-0.39, 0.29) is 17.4 Å². The number of methoxy groups -OCH3 is 1. The number of fused-ring (bicyclic) bond motifs is 1. The molecule has 1 amide bonds. The van der Waals surface area contributed by atoms with E-state index < -0.39 is 0 Å². The Labute approximate surface area is 178 Å². The molecular weight excluding hydrogens is 374 g/mol. The predicted octanol–water partition coefficient (Wildman–Crippen LogP) is 4.56. The van der Waals surface area contributed by atoms with Gasteiger partial charge in [0, 0.05) is 5.56 Å². The number of nitrogens with zero attached hydrogens (tertiary/aromatic N) is 2. The minimum absolute atomic E-state index is 0.0254. The topological polar surface area (TPSA) is 56.1 Å². The van der Waals surface area contributed by atoms with E-state index >= 15 is 0 Å². The van der Waals surface area contributed by atoms with Gasteiger partial charge in [-0.25, -0.2) is 4.68 Å². The molecule has 1 atom stereocenters. The van der Waals surface area contributed by atoms with Gasteiger partial charge >= 0.3 is 0 Å². The Morgan fingerprint density at radius 2 is 1.93 bits per heavy atom. The summed E-state index contributed by atoms with van der Waals surface area (Å²) in [6, 6.07) is 15.9. The summed E-state index contributed by atoms with van der Waals surface area (Å²) in [5.41, 5.74) is 5.65. The van der Waals surface area contributed by atoms with Crippen molar-refractivity contribution in [2.24, 2.45) is 5.41 Å². The summed E-state index contributed by atoms with van der Waals surface area (Å²) in [6.07, 6.45) is 4.10. The van der Waals surface area contributed by atoms with Crippen LogP contribution in [0.4, 0.5) is 0 Å². The number of nitrogens with one attached hydrogen (secondary N) is 1. The van der Waals surface area contributed by atoms with E-state index in [0.29, 0.717) is 6.42 Å². The normalized spacial score (nSPS) is 17.3. The number of hydrogen-bond donors (Lipinski definition) is 1. The van der Waals surface area contributed by atoms with E-state index in [0.717, 1.165) is 35.4 Å². The van der Waals surface area contributed by atoms with Gasteiger partial charge in [-0.15, -0.1) is 0 Å². The molecule has 0 fully saturated rings. The highest BCUT2D eigenvalue weighted by atomic mass is 16.5. The summed E-state index contributed by atoms with van der Waals surface area (Å²) in [5.74, 6) is 0.818. The van der Waals surface area contributed by atoms with Crippen LogP contribution in [0.2, 0.25) is 0 Å². The molecule has 0 spiro atoms. The zero-order chi connectivity index (χ0) is 21.3. The highest BCUT2D eigenvalue weighted by molar-refractivity contribution is 5.79. The SMILES string of the molecule is COc1ccc(CC(=O)NC2CC(C)(C)Cc3c2cnn3-c2ccccc2C)cc1. The van der Waals surface area contributed by atoms with Crippen molar-refractivity contribution in [3.8, 4) is 11.4 Å². The van der Waals surface area contributed by atoms with E-state index in [1.807, 2.05) is 47.3 Å². The molecule has 3 aromatic rings. The summed E-state index contributed by atoms with van der Waals surface area (Å²) in [7, 11) is 1.64. The lowest BCUT2D eigenvalue weighted by molar-refractivity contribution is -0.121. The second-order valence-corrected chi connectivity index (χ2v) is 8.93. The molecule has 0 bridgehead atoms. The van der Waals surface area contributed by atoms with Crippen LogP contribution in [-0.2, 0) is 17.6 Å². The molecule has 1 N–H and O–H groups in total. The molecule has 1 aromatic heterocycles. The smallest absolute Gasteiger partial charge is 0.224 e. The molecule has 0 saturated carbocycles. The van der Waals surface area contributed by atoms with Crippen molar-refractivity contribution < 1.29 is 9.53 Å². The fourth-order valence-corrected chi connectivity index (χ4v) is 4.35. The number of ether oxygens (including phenoxy) is 1. The van der Waals surface area contributed by atoms with E-state index in [1.165, 1.54) is 11.3 Å². The summed E-state index contributed by atoms with van der Waals surface area (Å²) >= 11 is 0. The quantitative estimate of drug-likeness (QED) is 0.679. The number of para-hydroxylation sites is 1. The lowest BCUT2D eigenvalue weighted by Gasteiger charge is -2.36. The maximum absolute atomic E-state index is 12.8. The number of hydrogen-bond acceptors (Lipinski definition) is 3. The number of rotatable bonds is 5. The molecule has 1 aliphatic rings. The first-order valence-corrected chi connectivity index (χ1v) is 10.4. The molecule has 1 unspecified atom stereocenters. The van der Waals surface area contributed by atoms with Crippen LogP contribution in [0.1, 0.15) is 48.7 Å². The zero-order valence-corrected chi connectivity index (χ0v) is 18.1. The number of carbonyl (C=O) groups excluding carboxylic acids is 1. The third kappa shape index (κ3) is 4.11. The molecule has 2 aromatic carbocycles. The van der Waals surface area contributed by atoms with Crippen LogP contribution in [0, 0.1) is 12.3 Å². The molecule has 0 aliphatic heterocycles. The van der Waals surface area contributed by atoms with Crippen LogP contribution in [0.15, 0.2) is 54.7 Å². The number of amides is 1. The first kappa shape index (κ1) is 20.2. The van der Waals surface area contributed by atoms with E-state index in [2.05, 4.69) is 38.2 Å². The number of benzene rings is 2. The Balaban J connectivity index is 1.58. The van der Waals surface area contributed by atoms with Crippen LogP contribution in [0.5, 0.6) is 5.75 Å². The number of carbonyl (C=O) groups is 1. The molecule has 5 heteroatoms. The Morgan fingerprint density at radius 3 is 2.63 bits per heavy atom. The van der Waals surface area contributed by atoms with Crippen LogP contribution in [0.25, 0.3) is 5.69 Å². The van der Waals surface area contributed by atoms with Crippen molar-refractivity contribution in [3.63, 3.8) is 0 Å². The minimum Gasteiger partial charge on any atom is -0.497 e. The van der Waals surface area contributed by atoms with Crippen LogP contribution >= 0.6 is 0 Å². The fourth-order valence-electron chi connectivity index (χ4n) is 4.35. The Kier molecular flexibility index (Phi) is 5.37. The minimum atomic E-state index is -0.0349. The molecule has 5 nitrogen and oxygen atoms in total. The van der Waals surface area contributed by atoms with Gasteiger partial charge in [0.1, 0.15) is 5.75 Å². The van der Waals surface area contributed by atoms with Crippen LogP contribution in [0.3, 0.4) is 0 Å². The second-order valence-electron chi connectivity index (χ2n) is 8.93. The standard InChI is InChI=1S/C25H29N3O2/c1-17-7-5-6-8-22(17)28-23-15-25(2,3)14-21(20(23)16-26-28)27-24(29)13-18-9-11-19(30-4)12-10-18/h5-12,16,21H,13-15H2,1-4H3,(H,27,29). The molecule has 4 rings (SSSR count). The molecular formula is C25H29N3O2. The summed E-state index contributed by atoms with van der Waals surface area (Å²) in [6.45, 7) is 6.62. The van der Waals surface area contributed by atoms with Gasteiger partial charge in [-0.2, -0.15) is 5.10 Å². The average Bonchev–Trinajstić information content (AvgIpc) is 3.11. The summed E-state index contributed by atoms with van der Waals surface area (Å²) < 4.78 is 7.24. The largest absolute Gasteiger partial charge is 0.497 e. The van der Waals surface area contributed by atoms with E-state index in [4.69, 9.17) is 9.84 Å². The Hall–Kier alpha value is -3.08. The Bertz CT molecular complexity index is 1050. The zero-order valence-electron chi connectivity index (χ0n) is 18.1. The van der Waals surface area contributed by atoms with Gasteiger partial charge in [0.2, 0.25) is 5.91 Å². The highest BCUT2D eigenvalue weighted by Crippen LogP contribution is 2.41. The highest BCUT2D eigenvalue weighted by Gasteiger charge is 2.36. The van der Waals surface area contributed by atoms with Gasteiger partial charge < -0.3 is 10.1 Å². The third-order valence-electron chi connectivity index (χ3n) is 5.88. The Morgan fingerprint density at radius 1 is 1.20 bits per heavy atom. The van der Waals surface area contributed by atoms with E-state index in [1.54, 1.807) is 7.11 Å². The molecule has 0 saturated heterocycles. The van der Waals surface area contributed by atoms with Gasteiger partial charge in [-0.3, -0.25) is 4.79 Å². The number of aryl methyl sites for hydroxylation is 1. The molecule has 30 heavy (non-hydrogen) atoms. The van der Waals surface area contributed by atoms with E-state index in [9.17, 15) is 4.79 Å². The first-order chi connectivity index (χ1) is 14.4. The van der Waals surface area contributed by atoms with Crippen molar-refractivity contribution >= 4 is 5.91 Å². The molecule has 0 radical (unpaired) electrons. The van der Waals surface area contributed by atoms with Crippen molar-refractivity contribution in [1.82, 2.24) is 15.1 Å². The molecule has 156 valence electrons. The van der Waals surface area contributed by atoms with Crippen molar-refractivity contribution in [2.75, 3.05) is 7.11 Å². The monoisotopic (exact) mass is 403 g/mol. The fraction of sp³-hybridized carbons (Fsp3) is 0.360. The van der Waals surface area contributed by atoms with Crippen molar-refractivity contribution in [3.05, 3.63) is 77.1 Å². The number of aromatic nitrogens is 2. The average molecular weight is 404 g/mol. The lowest BCUT2D eigenvalue weighted by Crippen LogP contribution is -2.37. The van der Waals surface area contributed by atoms with Crippen LogP contribution < -0.4 is 10.1 Å². The maximum Gasteiger partial charge on any atom is 0.224 e. The van der Waals surface area contributed by atoms with Gasteiger partial charge in [0.25, 0.3) is 0 Å². The maximum atomic E-state index is 12.8. The van der Waals surface area contributed by atoms with Gasteiger partial charge in [0.15, 0.2) is 0 Å². The molecule has 1 aliphatic carbocycles. The molecule has 1 heterocycles. The van der Waals surface area contributed by atoms with Crippen LogP contribution in [-0.4, -0.2) is 22.8 Å². The lowest BCUT2D eigenvalue weighted by atomic mass is 9.74. The third-order valence-corrected chi connectivity index (χ3v) is 5.88.